The summed E-state index contributed by atoms with van der Waals surface area (Å²) in [5, 5.41) is 49.5. The maximum absolute atomic E-state index is 9.75. The second-order valence-electron chi connectivity index (χ2n) is 33.5. The van der Waals surface area contributed by atoms with Crippen molar-refractivity contribution in [3.8, 4) is 0 Å². The monoisotopic (exact) mass is 2300 g/mol. The molecular weight excluding hydrogens is 2170 g/mol. The molecule has 78 heteroatoms. The van der Waals surface area contributed by atoms with E-state index in [1.165, 1.54) is 29.1 Å². The van der Waals surface area contributed by atoms with Crippen molar-refractivity contribution in [2.24, 2.45) is 0 Å². The third-order valence-corrected chi connectivity index (χ3v) is 39.4. The van der Waals surface area contributed by atoms with Gasteiger partial charge in [-0.2, -0.15) is 27.7 Å². The number of benzene rings is 6. The summed E-state index contributed by atoms with van der Waals surface area (Å²) in [5.41, 5.74) is 10.1. The molecule has 852 valence electrons. The van der Waals surface area contributed by atoms with E-state index >= 15 is 0 Å². The van der Waals surface area contributed by atoms with Crippen LogP contribution in [-0.4, -0.2) is 472 Å². The number of hydrogen-bond acceptors (Lipinski definition) is 36. The van der Waals surface area contributed by atoms with Crippen LogP contribution in [0.15, 0.2) is 146 Å². The summed E-state index contributed by atoms with van der Waals surface area (Å²) in [6.07, 6.45) is 0. The van der Waals surface area contributed by atoms with Gasteiger partial charge in [-0.1, -0.05) is 72.8 Å². The van der Waals surface area contributed by atoms with E-state index in [1.807, 2.05) is 399 Å². The molecule has 0 radical (unpaired) electrons. The molecule has 0 fully saturated rings. The fraction of sp³-hybridized carbons (Fsp3) is 0.500. The Bertz CT molecular complexity index is 4820. The highest BCUT2D eigenvalue weighted by Crippen LogP contribution is 2.66. The summed E-state index contributed by atoms with van der Waals surface area (Å²) in [6, 6.07) is 46.6. The van der Waals surface area contributed by atoms with Crippen molar-refractivity contribution in [2.45, 2.75) is 0 Å². The van der Waals surface area contributed by atoms with Crippen molar-refractivity contribution in [3.63, 3.8) is 0 Å². The Morgan fingerprint density at radius 1 is 0.153 bits per heavy atom. The van der Waals surface area contributed by atoms with Crippen molar-refractivity contribution in [3.05, 3.63) is 146 Å². The van der Waals surface area contributed by atoms with Crippen LogP contribution in [0.1, 0.15) is 0 Å². The van der Waals surface area contributed by atoms with Gasteiger partial charge in [0.25, 0.3) is 0 Å². The van der Waals surface area contributed by atoms with Crippen molar-refractivity contribution in [1.29, 1.82) is 0 Å². The van der Waals surface area contributed by atoms with Gasteiger partial charge >= 0.3 is 91.2 Å². The highest BCUT2D eigenvalue weighted by molar-refractivity contribution is 7.66. The van der Waals surface area contributed by atoms with E-state index in [2.05, 4.69) is 146 Å². The first-order valence-corrected chi connectivity index (χ1v) is 52.6. The minimum absolute atomic E-state index is 0.821. The van der Waals surface area contributed by atoms with Crippen LogP contribution in [0.3, 0.4) is 0 Å². The Morgan fingerprint density at radius 2 is 0.227 bits per heavy atom. The molecule has 0 bridgehead atoms. The molecule has 0 saturated carbocycles. The van der Waals surface area contributed by atoms with Gasteiger partial charge in [-0.3, -0.25) is 0 Å². The molecular formula is C72H132B6F24N36O6P6. The number of fused-ring (bicyclic) bond motifs is 6. The molecule has 150 heavy (non-hydrogen) atoms. The Balaban J connectivity index is 0.000000851. The molecule has 6 aromatic carbocycles. The molecule has 0 spiro atoms. The second kappa shape index (κ2) is 59.7. The standard InChI is InChI=1S/6C12H22N6OP.6BF4/c6*1-15(2)20(16(3)4,17(5)6)19-18-12-10-8-7-9-11(12)13-14-18;6*2-1(3,4)5/h6*7-10H,1-6H3;;;;;;/q6*+1;6*-1. The molecule has 0 aliphatic heterocycles. The van der Waals surface area contributed by atoms with Gasteiger partial charge in [0.15, 0.2) is 0 Å². The van der Waals surface area contributed by atoms with Gasteiger partial charge in [0.1, 0.15) is 66.2 Å². The maximum atomic E-state index is 9.75. The SMILES string of the molecule is CN(C)[P+](On1nnc2ccccc21)(N(C)C)N(C)C.CN(C)[P+](On1nnc2ccccc21)(N(C)C)N(C)C.CN(C)[P+](On1nnc2ccccc21)(N(C)C)N(C)C.CN(C)[P+](On1nnc2ccccc21)(N(C)C)N(C)C.CN(C)[P+](On1nnc2ccccc21)(N(C)C)N(C)C.CN(C)[P+](On1nnc2ccccc21)(N(C)C)N(C)C.F[B-](F)(F)F.F[B-](F)(F)F.F[B-](F)(F)F.F[B-](F)(F)F.F[B-](F)(F)F.F[B-](F)(F)F. The van der Waals surface area contributed by atoms with E-state index in [4.69, 9.17) is 27.7 Å². The summed E-state index contributed by atoms with van der Waals surface area (Å²) in [7, 11) is 23.4. The van der Waals surface area contributed by atoms with E-state index in [9.17, 15) is 104 Å². The highest BCUT2D eigenvalue weighted by atomic mass is 31.2. The summed E-state index contributed by atoms with van der Waals surface area (Å²) < 4.78 is 309. The van der Waals surface area contributed by atoms with E-state index in [1.54, 1.807) is 0 Å². The fourth-order valence-electron chi connectivity index (χ4n) is 13.8. The lowest BCUT2D eigenvalue weighted by atomic mass is 10.3. The molecule has 0 unspecified atom stereocenters. The molecule has 0 atom stereocenters. The zero-order chi connectivity index (χ0) is 116. The smallest absolute Gasteiger partial charge is 0.418 e. The lowest BCUT2D eigenvalue weighted by Crippen LogP contribution is -2.42. The van der Waals surface area contributed by atoms with E-state index in [-0.39, 0.29) is 0 Å². The number of nitrogens with zero attached hydrogens (tertiary/aromatic N) is 36. The van der Waals surface area contributed by atoms with Gasteiger partial charge < -0.3 is 104 Å². The van der Waals surface area contributed by atoms with Crippen molar-refractivity contribution in [1.82, 2.24) is 175 Å². The van der Waals surface area contributed by atoms with Gasteiger partial charge in [-0.05, 0) is 133 Å². The van der Waals surface area contributed by atoms with Gasteiger partial charge in [0.2, 0.25) is 0 Å². The first-order valence-electron chi connectivity index (χ1n) is 43.2. The molecule has 6 heterocycles. The average molecular weight is 2300 g/mol. The largest absolute Gasteiger partial charge is 0.673 e. The molecule has 6 aromatic heterocycles. The number of rotatable bonds is 30. The molecule has 0 N–H and O–H groups in total. The minimum Gasteiger partial charge on any atom is -0.418 e. The van der Waals surface area contributed by atoms with Crippen LogP contribution in [0.4, 0.5) is 104 Å². The topological polar surface area (TPSA) is 298 Å². The molecule has 0 amide bonds. The van der Waals surface area contributed by atoms with E-state index < -0.39 is 91.2 Å². The number of aromatic nitrogens is 18. The molecule has 0 aliphatic carbocycles. The van der Waals surface area contributed by atoms with E-state index in [0.717, 1.165) is 66.2 Å². The average Bonchev–Trinajstić information content (AvgIpc) is 1.74. The van der Waals surface area contributed by atoms with Gasteiger partial charge in [0, 0.05) is 254 Å². The Morgan fingerprint density at radius 3 is 0.300 bits per heavy atom. The van der Waals surface area contributed by atoms with Crippen LogP contribution in [0.5, 0.6) is 0 Å². The van der Waals surface area contributed by atoms with Gasteiger partial charge in [-0.25, -0.2) is 0 Å². The first kappa shape index (κ1) is 139. The molecule has 12 rings (SSSR count). The van der Waals surface area contributed by atoms with Crippen LogP contribution < -0.4 is 27.7 Å². The third-order valence-electron chi connectivity index (χ3n) is 18.4. The molecule has 12 aromatic rings. The predicted octanol–water partition coefficient (Wildman–Crippen LogP) is 15.1. The molecule has 0 aliphatic rings. The number of hydrogen-bond donors (Lipinski definition) is 0. The van der Waals surface area contributed by atoms with Crippen LogP contribution in [0.25, 0.3) is 66.2 Å². The summed E-state index contributed by atoms with van der Waals surface area (Å²) in [4.78, 5) is 9.10. The Labute approximate surface area is 859 Å². The lowest BCUT2D eigenvalue weighted by molar-refractivity contribution is 0.189. The molecule has 42 nitrogen and oxygen atoms in total. The number of para-hydroxylation sites is 6. The predicted molar refractivity (Wildman–Crippen MR) is 554 cm³/mol. The van der Waals surface area contributed by atoms with Crippen LogP contribution in [0.2, 0.25) is 0 Å². The molecule has 0 saturated heterocycles. The summed E-state index contributed by atoms with van der Waals surface area (Å²) in [5.74, 6) is 0. The summed E-state index contributed by atoms with van der Waals surface area (Å²) in [6.45, 7) is 0. The van der Waals surface area contributed by atoms with Gasteiger partial charge in [0.05, 0.1) is 0 Å². The van der Waals surface area contributed by atoms with Crippen molar-refractivity contribution in [2.75, 3.05) is 254 Å². The van der Waals surface area contributed by atoms with Crippen LogP contribution >= 0.6 is 47.6 Å². The normalized spacial score (nSPS) is 12.7. The second-order valence-corrected chi connectivity index (χ2v) is 55.0. The van der Waals surface area contributed by atoms with Crippen LogP contribution in [0, 0.1) is 0 Å². The van der Waals surface area contributed by atoms with Crippen LogP contribution in [-0.2, 0) is 0 Å². The Kier molecular flexibility index (Phi) is 55.3. The Hall–Kier alpha value is -8.91. The quantitative estimate of drug-likeness (QED) is 0.0229. The minimum atomic E-state index is -6.00. The highest BCUT2D eigenvalue weighted by Gasteiger charge is 2.60. The zero-order valence-corrected chi connectivity index (χ0v) is 95.0. The maximum Gasteiger partial charge on any atom is 0.673 e. The fourth-order valence-corrected chi connectivity index (χ4v) is 31.3. The zero-order valence-electron chi connectivity index (χ0n) is 89.6. The van der Waals surface area contributed by atoms with Gasteiger partial charge in [-0.15, -0.1) is 115 Å². The lowest BCUT2D eigenvalue weighted by Gasteiger charge is -2.35. The third kappa shape index (κ3) is 42.7. The number of halogens is 24. The summed E-state index contributed by atoms with van der Waals surface area (Å²) >= 11 is 0. The first-order chi connectivity index (χ1) is 68.3. The van der Waals surface area contributed by atoms with Crippen molar-refractivity contribution >= 4 is 157 Å². The van der Waals surface area contributed by atoms with E-state index in [0.29, 0.717) is 0 Å². The van der Waals surface area contributed by atoms with Crippen molar-refractivity contribution < 1.29 is 131 Å².